The first-order valence-corrected chi connectivity index (χ1v) is 11.5. The summed E-state index contributed by atoms with van der Waals surface area (Å²) >= 11 is 1.25. The fraction of sp³-hybridized carbons (Fsp3) is 0.0435. The number of methoxy groups -OCH3 is 1. The van der Waals surface area contributed by atoms with Crippen LogP contribution in [0.3, 0.4) is 0 Å². The Morgan fingerprint density at radius 2 is 1.59 bits per heavy atom. The number of pyridine rings is 2. The van der Waals surface area contributed by atoms with Crippen LogP contribution in [0.25, 0.3) is 16.0 Å². The van der Waals surface area contributed by atoms with E-state index in [4.69, 9.17) is 4.74 Å². The van der Waals surface area contributed by atoms with Crippen LogP contribution in [-0.2, 0) is 29.7 Å². The number of rotatable bonds is 6. The second kappa shape index (κ2) is 13.9. The molecule has 0 aliphatic carbocycles. The van der Waals surface area contributed by atoms with Gasteiger partial charge in [0.05, 0.1) is 17.7 Å². The molecule has 11 heteroatoms. The molecule has 0 radical (unpaired) electrons. The number of sulfonamides is 1. The van der Waals surface area contributed by atoms with Crippen molar-refractivity contribution in [2.75, 3.05) is 7.11 Å². The van der Waals surface area contributed by atoms with E-state index in [2.05, 4.69) is 19.9 Å². The van der Waals surface area contributed by atoms with E-state index in [1.807, 2.05) is 18.2 Å². The third kappa shape index (κ3) is 7.81. The van der Waals surface area contributed by atoms with Crippen LogP contribution in [0.2, 0.25) is 0 Å². The zero-order valence-corrected chi connectivity index (χ0v) is 20.1. The van der Waals surface area contributed by atoms with Crippen LogP contribution in [0.4, 0.5) is 14.6 Å². The van der Waals surface area contributed by atoms with Crippen LogP contribution in [-0.4, -0.2) is 25.5 Å². The van der Waals surface area contributed by atoms with Gasteiger partial charge in [-0.1, -0.05) is 30.3 Å². The second-order valence-corrected chi connectivity index (χ2v) is 7.88. The minimum absolute atomic E-state index is 0.0293. The van der Waals surface area contributed by atoms with Gasteiger partial charge in [-0.25, -0.2) is 8.42 Å². The molecule has 0 saturated carbocycles. The standard InChI is InChI=1S/C18H14N3O4S.C5H5N.FH.Pd/c1-25-14-10-11-19-18(12-14)16-4-2-3-5-17(16)21-26(23,24)15-8-6-13(20-22)7-9-15;1-2-4-6-5-3-1;;/h2-12H,1H3;1-5H;1H;/q-1;;;+2/p-1. The van der Waals surface area contributed by atoms with Gasteiger partial charge in [0.1, 0.15) is 21.5 Å². The van der Waals surface area contributed by atoms with E-state index in [0.717, 1.165) is 0 Å². The average Bonchev–Trinajstić information content (AvgIpc) is 2.91. The maximum Gasteiger partial charge on any atom is 0.0267 e. The maximum absolute atomic E-state index is 12.6. The number of hydrogen-bond donors (Lipinski definition) is 0. The van der Waals surface area contributed by atoms with E-state index in [1.165, 1.54) is 51.1 Å². The minimum Gasteiger partial charge on any atom is -0.265 e. The Morgan fingerprint density at radius 3 is 2.15 bits per heavy atom. The van der Waals surface area contributed by atoms with Gasteiger partial charge < -0.3 is 9.46 Å². The molecule has 0 unspecified atom stereocenters. The van der Waals surface area contributed by atoms with Gasteiger partial charge in [0.25, 0.3) is 0 Å². The SMILES string of the molecule is COc1ccnc(-c2ccccc2[N-]S(=O)(=O)c2ccc(N=O)cc2)c1.[F][Pd+].c1ccncc1. The van der Waals surface area contributed by atoms with E-state index in [0.29, 0.717) is 17.0 Å². The molecule has 0 fully saturated rings. The first-order chi connectivity index (χ1) is 16.5. The van der Waals surface area contributed by atoms with E-state index in [9.17, 15) is 16.5 Å². The van der Waals surface area contributed by atoms with Gasteiger partial charge in [-0.3, -0.25) is 9.97 Å². The molecule has 0 amide bonds. The van der Waals surface area contributed by atoms with Crippen molar-refractivity contribution >= 4 is 21.4 Å². The van der Waals surface area contributed by atoms with Gasteiger partial charge in [0.15, 0.2) is 0 Å². The summed E-state index contributed by atoms with van der Waals surface area (Å²) in [6.07, 6.45) is 5.07. The summed E-state index contributed by atoms with van der Waals surface area (Å²) in [4.78, 5) is 18.5. The summed E-state index contributed by atoms with van der Waals surface area (Å²) in [5.74, 6) is 0.601. The summed E-state index contributed by atoms with van der Waals surface area (Å²) < 4.78 is 43.6. The van der Waals surface area contributed by atoms with E-state index < -0.39 is 10.0 Å². The molecule has 0 atom stereocenters. The van der Waals surface area contributed by atoms with Crippen molar-refractivity contribution in [1.82, 2.24) is 9.97 Å². The Kier molecular flexibility index (Phi) is 10.9. The van der Waals surface area contributed by atoms with Crippen LogP contribution < -0.4 is 4.74 Å². The smallest absolute Gasteiger partial charge is 0.0267 e. The van der Waals surface area contributed by atoms with Crippen LogP contribution >= 0.6 is 0 Å². The maximum atomic E-state index is 12.6. The number of aromatic nitrogens is 2. The van der Waals surface area contributed by atoms with Crippen LogP contribution in [0.5, 0.6) is 5.75 Å². The molecule has 34 heavy (non-hydrogen) atoms. The molecule has 8 nitrogen and oxygen atoms in total. The van der Waals surface area contributed by atoms with Crippen molar-refractivity contribution in [2.24, 2.45) is 5.18 Å². The number of halogens is 1. The summed E-state index contributed by atoms with van der Waals surface area (Å²) in [7, 11) is -2.42. The van der Waals surface area contributed by atoms with E-state index in [1.54, 1.807) is 55.0 Å². The van der Waals surface area contributed by atoms with E-state index >= 15 is 0 Å². The first-order valence-electron chi connectivity index (χ1n) is 9.51. The normalized spacial score (nSPS) is 10.0. The average molecular weight is 573 g/mol. The molecule has 0 aliphatic heterocycles. The Hall–Kier alpha value is -3.52. The molecule has 0 aliphatic rings. The largest absolute Gasteiger partial charge is 0.265 e. The van der Waals surface area contributed by atoms with Crippen molar-refractivity contribution in [3.05, 3.63) is 107 Å². The molecule has 2 aromatic carbocycles. The summed E-state index contributed by atoms with van der Waals surface area (Å²) in [6.45, 7) is 0. The van der Waals surface area contributed by atoms with Gasteiger partial charge >= 0.3 is 22.9 Å². The summed E-state index contributed by atoms with van der Waals surface area (Å²) in [6, 6.07) is 21.1. The van der Waals surface area contributed by atoms with Crippen molar-refractivity contribution < 1.29 is 36.1 Å². The number of nitrogens with zero attached hydrogens (tertiary/aromatic N) is 4. The van der Waals surface area contributed by atoms with Gasteiger partial charge in [-0.05, 0) is 53.2 Å². The van der Waals surface area contributed by atoms with Crippen LogP contribution in [0.15, 0.2) is 108 Å². The third-order valence-corrected chi connectivity index (χ3v) is 5.48. The van der Waals surface area contributed by atoms with Crippen LogP contribution in [0.1, 0.15) is 0 Å². The second-order valence-electron chi connectivity index (χ2n) is 6.27. The van der Waals surface area contributed by atoms with Crippen molar-refractivity contribution in [3.8, 4) is 17.0 Å². The summed E-state index contributed by atoms with van der Waals surface area (Å²) in [5.41, 5.74) is 1.50. The monoisotopic (exact) mass is 572 g/mol. The van der Waals surface area contributed by atoms with Gasteiger partial charge in [-0.15, -0.1) is 10.6 Å². The van der Waals surface area contributed by atoms with Crippen molar-refractivity contribution in [2.45, 2.75) is 4.90 Å². The van der Waals surface area contributed by atoms with Crippen molar-refractivity contribution in [1.29, 1.82) is 0 Å². The zero-order chi connectivity index (χ0) is 24.8. The van der Waals surface area contributed by atoms with Crippen molar-refractivity contribution in [3.63, 3.8) is 0 Å². The topological polar surface area (TPSA) is 113 Å². The molecule has 4 rings (SSSR count). The van der Waals surface area contributed by atoms with Gasteiger partial charge in [0, 0.05) is 24.7 Å². The Bertz CT molecular complexity index is 1250. The molecule has 0 saturated heterocycles. The molecule has 4 aromatic rings. The van der Waals surface area contributed by atoms with E-state index in [-0.39, 0.29) is 16.3 Å². The third-order valence-electron chi connectivity index (χ3n) is 4.17. The minimum atomic E-state index is -3.96. The molecule has 0 spiro atoms. The fourth-order valence-corrected chi connectivity index (χ4v) is 3.63. The zero-order valence-electron chi connectivity index (χ0n) is 17.8. The number of ether oxygens (including phenoxy) is 1. The Morgan fingerprint density at radius 1 is 0.912 bits per heavy atom. The molecular formula is C23H19FN4O4PdS. The van der Waals surface area contributed by atoms with Gasteiger partial charge in [0.2, 0.25) is 0 Å². The Labute approximate surface area is 208 Å². The molecule has 2 aromatic heterocycles. The molecule has 0 N–H and O–H groups in total. The van der Waals surface area contributed by atoms with Gasteiger partial charge in [-0.2, -0.15) is 0 Å². The number of nitroso groups, excluding NO2 is 1. The fourth-order valence-electron chi connectivity index (χ4n) is 2.63. The predicted molar refractivity (Wildman–Crippen MR) is 124 cm³/mol. The van der Waals surface area contributed by atoms with Crippen LogP contribution in [0, 0.1) is 4.91 Å². The number of benzene rings is 2. The molecule has 2 heterocycles. The molecular weight excluding hydrogens is 554 g/mol. The summed E-state index contributed by atoms with van der Waals surface area (Å²) in [5, 5.41) is 2.75. The number of hydrogen-bond acceptors (Lipinski definition) is 7. The Balaban J connectivity index is 0.000000437. The molecule has 178 valence electrons. The first kappa shape index (κ1) is 26.7. The molecule has 0 bridgehead atoms. The quantitative estimate of drug-likeness (QED) is 0.205. The predicted octanol–water partition coefficient (Wildman–Crippen LogP) is 6.05.